The smallest absolute Gasteiger partial charge is 0.162 e. The van der Waals surface area contributed by atoms with E-state index in [0.29, 0.717) is 13.2 Å². The second-order valence-corrected chi connectivity index (χ2v) is 4.12. The summed E-state index contributed by atoms with van der Waals surface area (Å²) in [5.41, 5.74) is 0. The zero-order chi connectivity index (χ0) is 10.1. The lowest BCUT2D eigenvalue weighted by Crippen LogP contribution is -2.43. The third kappa shape index (κ3) is 2.91. The molecule has 0 spiro atoms. The highest BCUT2D eigenvalue weighted by Crippen LogP contribution is 2.18. The lowest BCUT2D eigenvalue weighted by atomic mass is 10.2. The number of likely N-dealkylation sites (N-methyl/N-ethyl adjacent to an activating group) is 1. The summed E-state index contributed by atoms with van der Waals surface area (Å²) in [7, 11) is 3.85. The molecule has 4 nitrogen and oxygen atoms in total. The van der Waals surface area contributed by atoms with Gasteiger partial charge in [0.05, 0.1) is 25.4 Å². The van der Waals surface area contributed by atoms with E-state index in [0.717, 1.165) is 0 Å². The molecule has 1 aliphatic rings. The first kappa shape index (κ1) is 10.9. The number of rotatable bonds is 1. The Hall–Kier alpha value is -0.160. The topological polar surface area (TPSA) is 41.9 Å². The highest BCUT2D eigenvalue weighted by Gasteiger charge is 2.32. The standard InChI is InChI=1S/C9H19NO3/c1-9(2)12-5-7(10(3)4)8(11)6-13-9/h7-8,11H,5-6H2,1-4H3/t7-,8-/m0/s1. The molecule has 0 aromatic carbocycles. The maximum Gasteiger partial charge on any atom is 0.162 e. The van der Waals surface area contributed by atoms with E-state index in [9.17, 15) is 5.11 Å². The van der Waals surface area contributed by atoms with Crippen LogP contribution in [0.2, 0.25) is 0 Å². The molecule has 0 saturated carbocycles. The van der Waals surface area contributed by atoms with Crippen LogP contribution in [0.1, 0.15) is 13.8 Å². The van der Waals surface area contributed by atoms with Gasteiger partial charge in [-0.3, -0.25) is 0 Å². The summed E-state index contributed by atoms with van der Waals surface area (Å²) in [4.78, 5) is 1.95. The molecule has 2 atom stereocenters. The van der Waals surface area contributed by atoms with Crippen LogP contribution in [-0.2, 0) is 9.47 Å². The fourth-order valence-electron chi connectivity index (χ4n) is 1.33. The van der Waals surface area contributed by atoms with Gasteiger partial charge in [0.1, 0.15) is 0 Å². The average molecular weight is 189 g/mol. The van der Waals surface area contributed by atoms with Crippen molar-refractivity contribution >= 4 is 0 Å². The number of aliphatic hydroxyl groups is 1. The molecule has 1 fully saturated rings. The van der Waals surface area contributed by atoms with Gasteiger partial charge in [0.2, 0.25) is 0 Å². The van der Waals surface area contributed by atoms with Crippen molar-refractivity contribution in [1.82, 2.24) is 4.90 Å². The lowest BCUT2D eigenvalue weighted by molar-refractivity contribution is -0.204. The first-order valence-electron chi connectivity index (χ1n) is 4.55. The van der Waals surface area contributed by atoms with Gasteiger partial charge in [-0.2, -0.15) is 0 Å². The fraction of sp³-hybridized carbons (Fsp3) is 1.00. The molecule has 0 unspecified atom stereocenters. The summed E-state index contributed by atoms with van der Waals surface area (Å²) in [5.74, 6) is -0.578. The van der Waals surface area contributed by atoms with Gasteiger partial charge in [0.25, 0.3) is 0 Å². The van der Waals surface area contributed by atoms with Crippen LogP contribution in [0.15, 0.2) is 0 Å². The van der Waals surface area contributed by atoms with Crippen LogP contribution in [0.3, 0.4) is 0 Å². The number of ether oxygens (including phenoxy) is 2. The highest BCUT2D eigenvalue weighted by molar-refractivity contribution is 4.79. The van der Waals surface area contributed by atoms with Crippen LogP contribution in [0, 0.1) is 0 Å². The van der Waals surface area contributed by atoms with Crippen LogP contribution in [0.5, 0.6) is 0 Å². The van der Waals surface area contributed by atoms with Gasteiger partial charge in [-0.25, -0.2) is 0 Å². The summed E-state index contributed by atoms with van der Waals surface area (Å²) in [5, 5.41) is 9.70. The molecule has 0 aromatic heterocycles. The molecule has 0 aromatic rings. The van der Waals surface area contributed by atoms with Crippen LogP contribution >= 0.6 is 0 Å². The maximum atomic E-state index is 9.70. The molecule has 4 heteroatoms. The van der Waals surface area contributed by atoms with Gasteiger partial charge in [-0.15, -0.1) is 0 Å². The van der Waals surface area contributed by atoms with Gasteiger partial charge in [-0.1, -0.05) is 0 Å². The van der Waals surface area contributed by atoms with E-state index in [-0.39, 0.29) is 6.04 Å². The normalized spacial score (nSPS) is 34.6. The molecule has 0 radical (unpaired) electrons. The largest absolute Gasteiger partial charge is 0.389 e. The van der Waals surface area contributed by atoms with Crippen LogP contribution in [-0.4, -0.2) is 55.2 Å². The van der Waals surface area contributed by atoms with E-state index in [2.05, 4.69) is 0 Å². The average Bonchev–Trinajstić information content (AvgIpc) is 2.11. The Balaban J connectivity index is 2.60. The quantitative estimate of drug-likeness (QED) is 0.633. The zero-order valence-electron chi connectivity index (χ0n) is 8.78. The van der Waals surface area contributed by atoms with Crippen molar-refractivity contribution in [3.63, 3.8) is 0 Å². The van der Waals surface area contributed by atoms with E-state index in [4.69, 9.17) is 9.47 Å². The Kier molecular flexibility index (Phi) is 3.29. The van der Waals surface area contributed by atoms with Crippen molar-refractivity contribution in [3.05, 3.63) is 0 Å². The predicted octanol–water partition coefficient (Wildman–Crippen LogP) is 0.0604. The SMILES string of the molecule is CN(C)[C@H]1COC(C)(C)OC[C@@H]1O. The Labute approximate surface area is 79.4 Å². The van der Waals surface area contributed by atoms with E-state index in [1.54, 1.807) is 0 Å². The van der Waals surface area contributed by atoms with E-state index in [1.807, 2.05) is 32.8 Å². The third-order valence-corrected chi connectivity index (χ3v) is 2.31. The molecule has 1 rings (SSSR count). The van der Waals surface area contributed by atoms with E-state index in [1.165, 1.54) is 0 Å². The monoisotopic (exact) mass is 189 g/mol. The van der Waals surface area contributed by atoms with Gasteiger partial charge < -0.3 is 19.5 Å². The Bertz CT molecular complexity index is 170. The second-order valence-electron chi connectivity index (χ2n) is 4.12. The van der Waals surface area contributed by atoms with Gasteiger partial charge >= 0.3 is 0 Å². The first-order valence-corrected chi connectivity index (χ1v) is 4.55. The first-order chi connectivity index (χ1) is 5.92. The van der Waals surface area contributed by atoms with E-state index >= 15 is 0 Å². The maximum absolute atomic E-state index is 9.70. The Morgan fingerprint density at radius 3 is 2.31 bits per heavy atom. The van der Waals surface area contributed by atoms with Crippen molar-refractivity contribution in [3.8, 4) is 0 Å². The molecule has 0 bridgehead atoms. The second kappa shape index (κ2) is 3.92. The van der Waals surface area contributed by atoms with E-state index < -0.39 is 11.9 Å². The summed E-state index contributed by atoms with van der Waals surface area (Å²) in [6.45, 7) is 4.55. The number of hydrogen-bond acceptors (Lipinski definition) is 4. The lowest BCUT2D eigenvalue weighted by Gasteiger charge is -2.26. The molecule has 1 aliphatic heterocycles. The molecule has 1 N–H and O–H groups in total. The minimum Gasteiger partial charge on any atom is -0.389 e. The van der Waals surface area contributed by atoms with Crippen molar-refractivity contribution in [2.45, 2.75) is 31.8 Å². The summed E-state index contributed by atoms with van der Waals surface area (Å²) < 4.78 is 10.9. The molecule has 78 valence electrons. The van der Waals surface area contributed by atoms with Crippen molar-refractivity contribution in [2.75, 3.05) is 27.3 Å². The molecular weight excluding hydrogens is 170 g/mol. The van der Waals surface area contributed by atoms with Crippen LogP contribution in [0.4, 0.5) is 0 Å². The minimum absolute atomic E-state index is 0.0155. The van der Waals surface area contributed by atoms with Crippen LogP contribution < -0.4 is 0 Å². The Morgan fingerprint density at radius 2 is 1.77 bits per heavy atom. The summed E-state index contributed by atoms with van der Waals surface area (Å²) in [6.07, 6.45) is -0.475. The minimum atomic E-state index is -0.578. The van der Waals surface area contributed by atoms with Crippen LogP contribution in [0.25, 0.3) is 0 Å². The third-order valence-electron chi connectivity index (χ3n) is 2.31. The number of aliphatic hydroxyl groups excluding tert-OH is 1. The fourth-order valence-corrected chi connectivity index (χ4v) is 1.33. The molecule has 0 amide bonds. The highest BCUT2D eigenvalue weighted by atomic mass is 16.7. The number of hydrogen-bond donors (Lipinski definition) is 1. The van der Waals surface area contributed by atoms with Gasteiger partial charge in [0, 0.05) is 0 Å². The van der Waals surface area contributed by atoms with Gasteiger partial charge in [0.15, 0.2) is 5.79 Å². The summed E-state index contributed by atoms with van der Waals surface area (Å²) >= 11 is 0. The van der Waals surface area contributed by atoms with Crippen molar-refractivity contribution in [1.29, 1.82) is 0 Å². The zero-order valence-corrected chi connectivity index (χ0v) is 8.78. The van der Waals surface area contributed by atoms with Crippen molar-refractivity contribution < 1.29 is 14.6 Å². The number of nitrogens with zero attached hydrogens (tertiary/aromatic N) is 1. The molecule has 1 saturated heterocycles. The van der Waals surface area contributed by atoms with Crippen molar-refractivity contribution in [2.24, 2.45) is 0 Å². The predicted molar refractivity (Wildman–Crippen MR) is 49.5 cm³/mol. The summed E-state index contributed by atoms with van der Waals surface area (Å²) in [6, 6.07) is 0.0155. The molecule has 13 heavy (non-hydrogen) atoms. The molecule has 1 heterocycles. The molecular formula is C9H19NO3. The van der Waals surface area contributed by atoms with Gasteiger partial charge in [-0.05, 0) is 27.9 Å². The Morgan fingerprint density at radius 1 is 1.23 bits per heavy atom. The molecule has 0 aliphatic carbocycles.